The summed E-state index contributed by atoms with van der Waals surface area (Å²) in [7, 11) is 0. The second kappa shape index (κ2) is 7.02. The van der Waals surface area contributed by atoms with Gasteiger partial charge in [-0.15, -0.1) is 10.2 Å². The molecule has 2 aromatic rings. The summed E-state index contributed by atoms with van der Waals surface area (Å²) >= 11 is 0. The van der Waals surface area contributed by atoms with Crippen LogP contribution in [-0.4, -0.2) is 21.3 Å². The highest BCUT2D eigenvalue weighted by atomic mass is 16.4. The molecule has 0 aliphatic carbocycles. The third kappa shape index (κ3) is 3.68. The molecule has 0 saturated heterocycles. The number of aromatic nitrogens is 2. The van der Waals surface area contributed by atoms with Gasteiger partial charge in [0.2, 0.25) is 11.8 Å². The number of carboxylic acids is 1. The third-order valence-electron chi connectivity index (χ3n) is 3.55. The molecule has 1 aromatic carbocycles. The van der Waals surface area contributed by atoms with Crippen LogP contribution < -0.4 is 0 Å². The van der Waals surface area contributed by atoms with Gasteiger partial charge in [-0.05, 0) is 31.0 Å². The van der Waals surface area contributed by atoms with E-state index >= 15 is 0 Å². The summed E-state index contributed by atoms with van der Waals surface area (Å²) in [4.78, 5) is 11.0. The number of benzene rings is 1. The van der Waals surface area contributed by atoms with Crippen LogP contribution in [0.4, 0.5) is 0 Å². The van der Waals surface area contributed by atoms with Crippen molar-refractivity contribution in [2.45, 2.75) is 45.4 Å². The summed E-state index contributed by atoms with van der Waals surface area (Å²) in [5.74, 6) is 0.324. The van der Waals surface area contributed by atoms with Crippen LogP contribution in [0.1, 0.15) is 61.7 Å². The molecule has 0 spiro atoms. The van der Waals surface area contributed by atoms with E-state index in [2.05, 4.69) is 24.0 Å². The normalized spacial score (nSPS) is 12.3. The Balaban J connectivity index is 2.22. The lowest BCUT2D eigenvalue weighted by atomic mass is 9.99. The van der Waals surface area contributed by atoms with Crippen molar-refractivity contribution in [3.05, 3.63) is 35.7 Å². The Labute approximate surface area is 124 Å². The maximum Gasteiger partial charge on any atom is 0.335 e. The predicted molar refractivity (Wildman–Crippen MR) is 79.3 cm³/mol. The summed E-state index contributed by atoms with van der Waals surface area (Å²) in [6, 6.07) is 6.54. The number of hydrogen-bond acceptors (Lipinski definition) is 4. The van der Waals surface area contributed by atoms with Crippen LogP contribution in [0.15, 0.2) is 28.7 Å². The van der Waals surface area contributed by atoms with Crippen molar-refractivity contribution >= 4 is 5.97 Å². The maximum absolute atomic E-state index is 11.0. The molecular formula is C16H20N2O3. The number of hydrogen-bond donors (Lipinski definition) is 1. The number of rotatable bonds is 7. The van der Waals surface area contributed by atoms with Crippen LogP contribution in [0, 0.1) is 0 Å². The average molecular weight is 288 g/mol. The van der Waals surface area contributed by atoms with Crippen molar-refractivity contribution in [1.29, 1.82) is 0 Å². The summed E-state index contributed by atoms with van der Waals surface area (Å²) in [5, 5.41) is 17.2. The number of carbonyl (C=O) groups is 1. The van der Waals surface area contributed by atoms with Crippen LogP contribution in [-0.2, 0) is 0 Å². The van der Waals surface area contributed by atoms with E-state index in [0.717, 1.165) is 25.7 Å². The molecule has 0 aliphatic heterocycles. The quantitative estimate of drug-likeness (QED) is 0.829. The molecule has 2 rings (SSSR count). The molecule has 0 bridgehead atoms. The molecule has 1 atom stereocenters. The highest BCUT2D eigenvalue weighted by molar-refractivity contribution is 5.88. The van der Waals surface area contributed by atoms with Gasteiger partial charge >= 0.3 is 5.97 Å². The van der Waals surface area contributed by atoms with E-state index < -0.39 is 5.97 Å². The van der Waals surface area contributed by atoms with E-state index in [0.29, 0.717) is 17.3 Å². The minimum absolute atomic E-state index is 0.213. The van der Waals surface area contributed by atoms with Gasteiger partial charge in [-0.3, -0.25) is 0 Å². The number of unbranched alkanes of at least 4 members (excludes halogenated alkanes) is 1. The molecule has 112 valence electrons. The van der Waals surface area contributed by atoms with Gasteiger partial charge in [-0.2, -0.15) is 0 Å². The molecule has 1 heterocycles. The highest BCUT2D eigenvalue weighted by Gasteiger charge is 2.17. The zero-order valence-electron chi connectivity index (χ0n) is 12.4. The first-order valence-electron chi connectivity index (χ1n) is 7.32. The van der Waals surface area contributed by atoms with Crippen molar-refractivity contribution in [2.75, 3.05) is 0 Å². The second-order valence-corrected chi connectivity index (χ2v) is 5.08. The van der Waals surface area contributed by atoms with Crippen LogP contribution in [0.5, 0.6) is 0 Å². The fourth-order valence-electron chi connectivity index (χ4n) is 2.25. The SMILES string of the molecule is CCCCC(CC)c1nnc(-c2cccc(C(=O)O)c2)o1. The third-order valence-corrected chi connectivity index (χ3v) is 3.55. The van der Waals surface area contributed by atoms with Gasteiger partial charge in [0.15, 0.2) is 0 Å². The Morgan fingerprint density at radius 3 is 2.81 bits per heavy atom. The van der Waals surface area contributed by atoms with Gasteiger partial charge < -0.3 is 9.52 Å². The number of aromatic carboxylic acids is 1. The first kappa shape index (κ1) is 15.2. The summed E-state index contributed by atoms with van der Waals surface area (Å²) in [6.07, 6.45) is 4.25. The van der Waals surface area contributed by atoms with Gasteiger partial charge in [-0.25, -0.2) is 4.79 Å². The van der Waals surface area contributed by atoms with Gasteiger partial charge in [0.05, 0.1) is 5.56 Å². The molecular weight excluding hydrogens is 268 g/mol. The maximum atomic E-state index is 11.0. The first-order valence-corrected chi connectivity index (χ1v) is 7.32. The van der Waals surface area contributed by atoms with E-state index in [1.165, 1.54) is 0 Å². The smallest absolute Gasteiger partial charge is 0.335 e. The monoisotopic (exact) mass is 288 g/mol. The highest BCUT2D eigenvalue weighted by Crippen LogP contribution is 2.27. The Kier molecular flexibility index (Phi) is 5.09. The fourth-order valence-corrected chi connectivity index (χ4v) is 2.25. The summed E-state index contributed by atoms with van der Waals surface area (Å²) < 4.78 is 5.74. The van der Waals surface area contributed by atoms with Crippen LogP contribution in [0.25, 0.3) is 11.5 Å². The lowest BCUT2D eigenvalue weighted by Crippen LogP contribution is -1.97. The number of nitrogens with zero attached hydrogens (tertiary/aromatic N) is 2. The Morgan fingerprint density at radius 2 is 2.14 bits per heavy atom. The largest absolute Gasteiger partial charge is 0.478 e. The molecule has 5 nitrogen and oxygen atoms in total. The molecule has 0 radical (unpaired) electrons. The standard InChI is InChI=1S/C16H20N2O3/c1-3-5-7-11(4-2)14-17-18-15(21-14)12-8-6-9-13(10-12)16(19)20/h6,8-11H,3-5,7H2,1-2H3,(H,19,20). The molecule has 0 saturated carbocycles. The van der Waals surface area contributed by atoms with Crippen LogP contribution >= 0.6 is 0 Å². The predicted octanol–water partition coefficient (Wildman–Crippen LogP) is 4.12. The molecule has 1 aromatic heterocycles. The average Bonchev–Trinajstić information content (AvgIpc) is 2.98. The molecule has 0 aliphatic rings. The van der Waals surface area contributed by atoms with Gasteiger partial charge in [0.25, 0.3) is 0 Å². The first-order chi connectivity index (χ1) is 10.2. The second-order valence-electron chi connectivity index (χ2n) is 5.08. The van der Waals surface area contributed by atoms with Crippen LogP contribution in [0.3, 0.4) is 0 Å². The lowest BCUT2D eigenvalue weighted by Gasteiger charge is -2.08. The Bertz CT molecular complexity index is 607. The van der Waals surface area contributed by atoms with Gasteiger partial charge in [0.1, 0.15) is 0 Å². The molecule has 5 heteroatoms. The molecule has 1 N–H and O–H groups in total. The van der Waals surface area contributed by atoms with E-state index in [1.54, 1.807) is 24.3 Å². The van der Waals surface area contributed by atoms with E-state index in [4.69, 9.17) is 9.52 Å². The topological polar surface area (TPSA) is 76.2 Å². The summed E-state index contributed by atoms with van der Waals surface area (Å²) in [5.41, 5.74) is 0.851. The Morgan fingerprint density at radius 1 is 1.33 bits per heavy atom. The molecule has 0 amide bonds. The summed E-state index contributed by atoms with van der Waals surface area (Å²) in [6.45, 7) is 4.26. The zero-order chi connectivity index (χ0) is 15.2. The zero-order valence-corrected chi connectivity index (χ0v) is 12.4. The molecule has 1 unspecified atom stereocenters. The molecule has 21 heavy (non-hydrogen) atoms. The molecule has 0 fully saturated rings. The van der Waals surface area contributed by atoms with Gasteiger partial charge in [-0.1, -0.05) is 32.8 Å². The van der Waals surface area contributed by atoms with E-state index in [1.807, 2.05) is 0 Å². The minimum atomic E-state index is -0.967. The lowest BCUT2D eigenvalue weighted by molar-refractivity contribution is 0.0697. The fraction of sp³-hybridized carbons (Fsp3) is 0.438. The van der Waals surface area contributed by atoms with Crippen LogP contribution in [0.2, 0.25) is 0 Å². The van der Waals surface area contributed by atoms with Gasteiger partial charge in [0, 0.05) is 11.5 Å². The van der Waals surface area contributed by atoms with E-state index in [-0.39, 0.29) is 11.5 Å². The number of carboxylic acid groups (broad SMARTS) is 1. The van der Waals surface area contributed by atoms with Crippen molar-refractivity contribution in [2.24, 2.45) is 0 Å². The van der Waals surface area contributed by atoms with E-state index in [9.17, 15) is 4.79 Å². The van der Waals surface area contributed by atoms with Crippen molar-refractivity contribution in [3.63, 3.8) is 0 Å². The minimum Gasteiger partial charge on any atom is -0.478 e. The van der Waals surface area contributed by atoms with Crippen molar-refractivity contribution < 1.29 is 14.3 Å². The Hall–Kier alpha value is -2.17. The van der Waals surface area contributed by atoms with Crippen molar-refractivity contribution in [1.82, 2.24) is 10.2 Å². The van der Waals surface area contributed by atoms with Crippen molar-refractivity contribution in [3.8, 4) is 11.5 Å².